The van der Waals surface area contributed by atoms with Crippen molar-refractivity contribution in [3.05, 3.63) is 12.2 Å². The second kappa shape index (κ2) is 8.25. The van der Waals surface area contributed by atoms with E-state index in [9.17, 15) is 14.4 Å². The van der Waals surface area contributed by atoms with Crippen molar-refractivity contribution >= 4 is 17.9 Å². The van der Waals surface area contributed by atoms with Crippen molar-refractivity contribution in [3.63, 3.8) is 0 Å². The molecule has 74 valence electrons. The number of hydrogen-bond donors (Lipinski definition) is 2. The zero-order valence-corrected chi connectivity index (χ0v) is 7.18. The Hall–Kier alpha value is -1.85. The molecular weight excluding hydrogens is 180 g/mol. The number of aliphatic carboxylic acids is 2. The van der Waals surface area contributed by atoms with E-state index in [1.54, 1.807) is 0 Å². The number of methoxy groups -OCH3 is 1. The quantitative estimate of drug-likeness (QED) is 0.465. The molecule has 0 unspecified atom stereocenters. The van der Waals surface area contributed by atoms with Gasteiger partial charge in [-0.2, -0.15) is 0 Å². The lowest BCUT2D eigenvalue weighted by Crippen LogP contribution is -1.91. The zero-order chi connectivity index (χ0) is 10.9. The van der Waals surface area contributed by atoms with Gasteiger partial charge in [0.05, 0.1) is 7.11 Å². The standard InChI is InChI=1S/C4H4O4.C3H6O2/c5-3(6)1-2-4(7)8;1-3(4)5-2/h1-2H,(H,5,6)(H,7,8);1-2H3. The van der Waals surface area contributed by atoms with E-state index in [0.29, 0.717) is 12.2 Å². The maximum Gasteiger partial charge on any atom is 0.328 e. The van der Waals surface area contributed by atoms with Crippen LogP contribution in [0, 0.1) is 0 Å². The van der Waals surface area contributed by atoms with Crippen LogP contribution in [0.25, 0.3) is 0 Å². The number of carboxylic acid groups (broad SMARTS) is 2. The van der Waals surface area contributed by atoms with Crippen LogP contribution >= 0.6 is 0 Å². The highest BCUT2D eigenvalue weighted by Crippen LogP contribution is 1.70. The van der Waals surface area contributed by atoms with Crippen molar-refractivity contribution in [1.82, 2.24) is 0 Å². The zero-order valence-electron chi connectivity index (χ0n) is 7.18. The number of ether oxygens (including phenoxy) is 1. The lowest BCUT2D eigenvalue weighted by molar-refractivity contribution is -0.138. The highest BCUT2D eigenvalue weighted by Gasteiger charge is 1.88. The summed E-state index contributed by atoms with van der Waals surface area (Å²) in [5.41, 5.74) is 0. The Morgan fingerprint density at radius 1 is 1.08 bits per heavy atom. The Kier molecular flexibility index (Phi) is 8.71. The van der Waals surface area contributed by atoms with E-state index < -0.39 is 11.9 Å². The fourth-order valence-electron chi connectivity index (χ4n) is 0.143. The van der Waals surface area contributed by atoms with Crippen molar-refractivity contribution in [2.24, 2.45) is 0 Å². The van der Waals surface area contributed by atoms with Gasteiger partial charge in [-0.15, -0.1) is 0 Å². The number of hydrogen-bond acceptors (Lipinski definition) is 4. The van der Waals surface area contributed by atoms with Crippen LogP contribution in [0.15, 0.2) is 12.2 Å². The van der Waals surface area contributed by atoms with Gasteiger partial charge >= 0.3 is 17.9 Å². The first-order valence-corrected chi connectivity index (χ1v) is 3.08. The molecule has 0 rings (SSSR count). The Labute approximate surface area is 74.4 Å². The number of carbonyl (C=O) groups excluding carboxylic acids is 1. The minimum absolute atomic E-state index is 0.245. The van der Waals surface area contributed by atoms with Gasteiger partial charge in [-0.05, 0) is 0 Å². The van der Waals surface area contributed by atoms with Gasteiger partial charge in [0.2, 0.25) is 0 Å². The van der Waals surface area contributed by atoms with Crippen molar-refractivity contribution in [1.29, 1.82) is 0 Å². The van der Waals surface area contributed by atoms with Crippen LogP contribution in [-0.4, -0.2) is 35.2 Å². The average molecular weight is 190 g/mol. The first kappa shape index (κ1) is 13.7. The summed E-state index contributed by atoms with van der Waals surface area (Å²) < 4.78 is 4.11. The van der Waals surface area contributed by atoms with Gasteiger partial charge < -0.3 is 14.9 Å². The van der Waals surface area contributed by atoms with Gasteiger partial charge in [0.15, 0.2) is 0 Å². The van der Waals surface area contributed by atoms with Gasteiger partial charge in [-0.25, -0.2) is 9.59 Å². The Bertz CT molecular complexity index is 201. The molecule has 0 heterocycles. The third-order valence-corrected chi connectivity index (χ3v) is 0.656. The van der Waals surface area contributed by atoms with E-state index >= 15 is 0 Å². The summed E-state index contributed by atoms with van der Waals surface area (Å²) in [7, 11) is 1.35. The maximum atomic E-state index is 9.59. The average Bonchev–Trinajstić information content (AvgIpc) is 2.02. The van der Waals surface area contributed by atoms with Crippen molar-refractivity contribution in [2.75, 3.05) is 7.11 Å². The molecule has 0 aromatic carbocycles. The van der Waals surface area contributed by atoms with Gasteiger partial charge in [0, 0.05) is 19.1 Å². The molecule has 13 heavy (non-hydrogen) atoms. The fraction of sp³-hybridized carbons (Fsp3) is 0.286. The Morgan fingerprint density at radius 3 is 1.38 bits per heavy atom. The second-order valence-electron chi connectivity index (χ2n) is 1.71. The normalized spacial score (nSPS) is 8.46. The van der Waals surface area contributed by atoms with E-state index in [4.69, 9.17) is 10.2 Å². The first-order chi connectivity index (χ1) is 5.90. The molecule has 0 bridgehead atoms. The highest BCUT2D eigenvalue weighted by atomic mass is 16.5. The molecule has 0 atom stereocenters. The molecule has 0 radical (unpaired) electrons. The molecule has 0 spiro atoms. The van der Waals surface area contributed by atoms with Crippen LogP contribution in [0.1, 0.15) is 6.92 Å². The predicted octanol–water partition coefficient (Wildman–Crippen LogP) is -0.109. The summed E-state index contributed by atoms with van der Waals surface area (Å²) in [5, 5.41) is 15.6. The molecule has 6 heteroatoms. The van der Waals surface area contributed by atoms with Crippen LogP contribution < -0.4 is 0 Å². The molecule has 6 nitrogen and oxygen atoms in total. The molecule has 0 aromatic heterocycles. The lowest BCUT2D eigenvalue weighted by atomic mass is 10.5. The second-order valence-corrected chi connectivity index (χ2v) is 1.71. The molecule has 0 amide bonds. The van der Waals surface area contributed by atoms with E-state index in [-0.39, 0.29) is 5.97 Å². The van der Waals surface area contributed by atoms with Crippen LogP contribution in [0.5, 0.6) is 0 Å². The SMILES string of the molecule is COC(C)=O.O=C(O)C=CC(=O)O. The van der Waals surface area contributed by atoms with Crippen LogP contribution in [0.3, 0.4) is 0 Å². The molecular formula is C7H10O6. The first-order valence-electron chi connectivity index (χ1n) is 3.08. The van der Waals surface area contributed by atoms with E-state index in [2.05, 4.69) is 4.74 Å². The smallest absolute Gasteiger partial charge is 0.328 e. The summed E-state index contributed by atoms with van der Waals surface area (Å²) in [6, 6.07) is 0. The van der Waals surface area contributed by atoms with Gasteiger partial charge in [0.25, 0.3) is 0 Å². The largest absolute Gasteiger partial charge is 0.478 e. The molecule has 0 aliphatic rings. The molecule has 2 N–H and O–H groups in total. The minimum atomic E-state index is -1.26. The van der Waals surface area contributed by atoms with Crippen molar-refractivity contribution in [3.8, 4) is 0 Å². The monoisotopic (exact) mass is 190 g/mol. The summed E-state index contributed by atoms with van der Waals surface area (Å²) in [6.45, 7) is 1.36. The van der Waals surface area contributed by atoms with E-state index in [1.165, 1.54) is 14.0 Å². The molecule has 0 aromatic rings. The summed E-state index contributed by atoms with van der Waals surface area (Å²) in [5.74, 6) is -2.76. The van der Waals surface area contributed by atoms with Crippen molar-refractivity contribution in [2.45, 2.75) is 6.92 Å². The van der Waals surface area contributed by atoms with Crippen LogP contribution in [-0.2, 0) is 19.1 Å². The summed E-state index contributed by atoms with van der Waals surface area (Å²) in [6.07, 6.45) is 1.12. The topological polar surface area (TPSA) is 101 Å². The van der Waals surface area contributed by atoms with Crippen molar-refractivity contribution < 1.29 is 29.3 Å². The Balaban J connectivity index is 0. The molecule has 0 aliphatic carbocycles. The molecule has 0 aliphatic heterocycles. The van der Waals surface area contributed by atoms with Gasteiger partial charge in [-0.3, -0.25) is 4.79 Å². The fourth-order valence-corrected chi connectivity index (χ4v) is 0.143. The van der Waals surface area contributed by atoms with Gasteiger partial charge in [-0.1, -0.05) is 0 Å². The molecule has 0 saturated heterocycles. The Morgan fingerprint density at radius 2 is 1.31 bits per heavy atom. The third-order valence-electron chi connectivity index (χ3n) is 0.656. The van der Waals surface area contributed by atoms with Gasteiger partial charge in [0.1, 0.15) is 0 Å². The number of carbonyl (C=O) groups is 3. The van der Waals surface area contributed by atoms with Crippen LogP contribution in [0.4, 0.5) is 0 Å². The molecule has 0 fully saturated rings. The number of carboxylic acids is 2. The number of esters is 1. The summed E-state index contributed by atoms with van der Waals surface area (Å²) in [4.78, 5) is 28.7. The molecule has 0 saturated carbocycles. The lowest BCUT2D eigenvalue weighted by Gasteiger charge is -1.80. The number of rotatable bonds is 2. The summed E-state index contributed by atoms with van der Waals surface area (Å²) >= 11 is 0. The maximum absolute atomic E-state index is 9.59. The van der Waals surface area contributed by atoms with Crippen LogP contribution in [0.2, 0.25) is 0 Å². The predicted molar refractivity (Wildman–Crippen MR) is 42.1 cm³/mol. The highest BCUT2D eigenvalue weighted by molar-refractivity contribution is 5.89. The minimum Gasteiger partial charge on any atom is -0.478 e. The van der Waals surface area contributed by atoms with E-state index in [1.807, 2.05) is 0 Å². The van der Waals surface area contributed by atoms with E-state index in [0.717, 1.165) is 0 Å². The third kappa shape index (κ3) is 25.4.